The molecular weight excluding hydrogens is 396 g/mol. The number of nitrogens with zero attached hydrogens (tertiary/aromatic N) is 1. The smallest absolute Gasteiger partial charge is 0.274 e. The molecule has 0 atom stereocenters. The first-order valence-electron chi connectivity index (χ1n) is 9.73. The van der Waals surface area contributed by atoms with E-state index in [0.717, 1.165) is 33.6 Å². The van der Waals surface area contributed by atoms with Gasteiger partial charge in [0, 0.05) is 29.1 Å². The van der Waals surface area contributed by atoms with Crippen LogP contribution in [0.25, 0.3) is 11.6 Å². The molecule has 1 aliphatic heterocycles. The van der Waals surface area contributed by atoms with Gasteiger partial charge in [0.1, 0.15) is 0 Å². The van der Waals surface area contributed by atoms with Gasteiger partial charge in [-0.15, -0.1) is 11.3 Å². The molecule has 0 saturated carbocycles. The third-order valence-corrected chi connectivity index (χ3v) is 6.11. The van der Waals surface area contributed by atoms with Crippen LogP contribution in [-0.4, -0.2) is 28.5 Å². The minimum atomic E-state index is -0.556. The Bertz CT molecular complexity index is 1100. The number of nitrogens with one attached hydrogen (secondary N) is 1. The second-order valence-corrected chi connectivity index (χ2v) is 8.32. The average Bonchev–Trinajstić information content (AvgIpc) is 3.29. The molecule has 2 heterocycles. The summed E-state index contributed by atoms with van der Waals surface area (Å²) in [4.78, 5) is 28.1. The summed E-state index contributed by atoms with van der Waals surface area (Å²) in [6, 6.07) is 17.3. The highest BCUT2D eigenvalue weighted by Crippen LogP contribution is 2.27. The van der Waals surface area contributed by atoms with Crippen molar-refractivity contribution in [2.45, 2.75) is 19.9 Å². The molecule has 0 fully saturated rings. The van der Waals surface area contributed by atoms with Gasteiger partial charge >= 0.3 is 0 Å². The van der Waals surface area contributed by atoms with Gasteiger partial charge < -0.3 is 4.90 Å². The number of rotatable bonds is 4. The third kappa shape index (κ3) is 4.20. The van der Waals surface area contributed by atoms with E-state index in [4.69, 9.17) is 5.21 Å². The summed E-state index contributed by atoms with van der Waals surface area (Å²) in [5, 5.41) is 10.9. The summed E-state index contributed by atoms with van der Waals surface area (Å²) < 4.78 is 0. The molecule has 1 aromatic heterocycles. The van der Waals surface area contributed by atoms with E-state index in [1.807, 2.05) is 65.7 Å². The molecule has 0 radical (unpaired) electrons. The number of carbonyl (C=O) groups excluding carboxylic acids is 2. The Morgan fingerprint density at radius 2 is 1.83 bits per heavy atom. The first kappa shape index (κ1) is 20.1. The lowest BCUT2D eigenvalue weighted by Crippen LogP contribution is -2.36. The number of fused-ring (bicyclic) bond motifs is 1. The molecule has 3 aromatic rings. The highest BCUT2D eigenvalue weighted by molar-refractivity contribution is 7.11. The Morgan fingerprint density at radius 1 is 1.07 bits per heavy atom. The Hall–Kier alpha value is -3.22. The van der Waals surface area contributed by atoms with E-state index >= 15 is 0 Å². The largest absolute Gasteiger partial charge is 0.334 e. The average molecular weight is 419 g/mol. The lowest BCUT2D eigenvalue weighted by molar-refractivity contribution is -0.125. The maximum Gasteiger partial charge on any atom is 0.274 e. The van der Waals surface area contributed by atoms with Crippen molar-refractivity contribution in [2.75, 3.05) is 6.54 Å². The maximum absolute atomic E-state index is 13.5. The van der Waals surface area contributed by atoms with Gasteiger partial charge in [0.15, 0.2) is 0 Å². The van der Waals surface area contributed by atoms with Gasteiger partial charge in [-0.1, -0.05) is 42.0 Å². The van der Waals surface area contributed by atoms with Crippen LogP contribution in [0.2, 0.25) is 0 Å². The van der Waals surface area contributed by atoms with Crippen LogP contribution in [0.1, 0.15) is 37.5 Å². The van der Waals surface area contributed by atoms with Crippen molar-refractivity contribution in [3.05, 3.63) is 92.7 Å². The molecule has 1 aliphatic rings. The molecule has 152 valence electrons. The van der Waals surface area contributed by atoms with Crippen molar-refractivity contribution in [3.63, 3.8) is 0 Å². The number of thiophene rings is 1. The van der Waals surface area contributed by atoms with Crippen LogP contribution < -0.4 is 5.48 Å². The summed E-state index contributed by atoms with van der Waals surface area (Å²) >= 11 is 1.59. The van der Waals surface area contributed by atoms with Crippen LogP contribution in [-0.2, 0) is 17.8 Å². The maximum atomic E-state index is 13.5. The van der Waals surface area contributed by atoms with E-state index in [0.29, 0.717) is 24.2 Å². The number of hydrogen-bond acceptors (Lipinski definition) is 4. The van der Waals surface area contributed by atoms with Crippen molar-refractivity contribution in [1.82, 2.24) is 10.4 Å². The summed E-state index contributed by atoms with van der Waals surface area (Å²) in [6.07, 6.45) is 2.67. The quantitative estimate of drug-likeness (QED) is 0.377. The standard InChI is InChI=1S/C24H22N2O3S/c1-16-4-6-18(7-5-16)22(14-21-3-2-12-30-21)24(28)26-11-10-17-8-9-19(23(27)25-29)13-20(17)15-26/h2-9,12-14,29H,10-11,15H2,1H3,(H,25,27). The molecule has 4 rings (SSSR count). The normalized spacial score (nSPS) is 13.7. The lowest BCUT2D eigenvalue weighted by atomic mass is 9.95. The van der Waals surface area contributed by atoms with E-state index < -0.39 is 5.91 Å². The molecule has 5 nitrogen and oxygen atoms in total. The minimum absolute atomic E-state index is 0.0325. The molecule has 0 bridgehead atoms. The first-order valence-corrected chi connectivity index (χ1v) is 10.6. The van der Waals surface area contributed by atoms with Gasteiger partial charge in [0.2, 0.25) is 0 Å². The number of benzene rings is 2. The van der Waals surface area contributed by atoms with Crippen LogP contribution in [0.4, 0.5) is 0 Å². The fourth-order valence-electron chi connectivity index (χ4n) is 3.62. The highest BCUT2D eigenvalue weighted by atomic mass is 32.1. The summed E-state index contributed by atoms with van der Waals surface area (Å²) in [7, 11) is 0. The summed E-state index contributed by atoms with van der Waals surface area (Å²) in [5.41, 5.74) is 6.77. The zero-order valence-electron chi connectivity index (χ0n) is 16.6. The van der Waals surface area contributed by atoms with Gasteiger partial charge in [-0.25, -0.2) is 5.48 Å². The van der Waals surface area contributed by atoms with Crippen molar-refractivity contribution in [1.29, 1.82) is 0 Å². The second kappa shape index (κ2) is 8.65. The molecule has 2 aromatic carbocycles. The highest BCUT2D eigenvalue weighted by Gasteiger charge is 2.25. The topological polar surface area (TPSA) is 69.6 Å². The van der Waals surface area contributed by atoms with Crippen LogP contribution in [0.15, 0.2) is 60.0 Å². The van der Waals surface area contributed by atoms with E-state index in [1.165, 1.54) is 0 Å². The predicted molar refractivity (Wildman–Crippen MR) is 118 cm³/mol. The third-order valence-electron chi connectivity index (χ3n) is 5.29. The number of carbonyl (C=O) groups is 2. The second-order valence-electron chi connectivity index (χ2n) is 7.34. The lowest BCUT2D eigenvalue weighted by Gasteiger charge is -2.30. The molecule has 6 heteroatoms. The monoisotopic (exact) mass is 418 g/mol. The zero-order chi connectivity index (χ0) is 21.1. The Morgan fingerprint density at radius 3 is 2.53 bits per heavy atom. The molecule has 0 spiro atoms. The van der Waals surface area contributed by atoms with Gasteiger partial charge in [0.05, 0.1) is 0 Å². The van der Waals surface area contributed by atoms with Crippen LogP contribution in [0.5, 0.6) is 0 Å². The van der Waals surface area contributed by atoms with Gasteiger partial charge in [-0.2, -0.15) is 0 Å². The minimum Gasteiger partial charge on any atom is -0.334 e. The number of hydrogen-bond donors (Lipinski definition) is 2. The Balaban J connectivity index is 1.66. The summed E-state index contributed by atoms with van der Waals surface area (Å²) in [5.74, 6) is -0.589. The van der Waals surface area contributed by atoms with Crippen LogP contribution in [0.3, 0.4) is 0 Å². The van der Waals surface area contributed by atoms with Crippen LogP contribution >= 0.6 is 11.3 Å². The molecule has 2 N–H and O–H groups in total. The van der Waals surface area contributed by atoms with Crippen LogP contribution in [0, 0.1) is 6.92 Å². The van der Waals surface area contributed by atoms with Gasteiger partial charge in [-0.3, -0.25) is 14.8 Å². The van der Waals surface area contributed by atoms with E-state index in [-0.39, 0.29) is 5.91 Å². The fourth-order valence-corrected chi connectivity index (χ4v) is 4.28. The number of amides is 2. The predicted octanol–water partition coefficient (Wildman–Crippen LogP) is 4.30. The molecule has 0 saturated heterocycles. The number of hydroxylamine groups is 1. The molecular formula is C24H22N2O3S. The molecule has 0 unspecified atom stereocenters. The first-order chi connectivity index (χ1) is 14.5. The molecule has 0 aliphatic carbocycles. The van der Waals surface area contributed by atoms with E-state index in [9.17, 15) is 9.59 Å². The SMILES string of the molecule is Cc1ccc(C(=Cc2cccs2)C(=O)N2CCc3ccc(C(=O)NO)cc3C2)cc1. The van der Waals surface area contributed by atoms with Crippen molar-refractivity contribution in [3.8, 4) is 0 Å². The fraction of sp³-hybridized carbons (Fsp3) is 0.167. The Labute approximate surface area is 179 Å². The van der Waals surface area contributed by atoms with Crippen molar-refractivity contribution < 1.29 is 14.8 Å². The summed E-state index contributed by atoms with van der Waals surface area (Å²) in [6.45, 7) is 3.06. The zero-order valence-corrected chi connectivity index (χ0v) is 17.4. The van der Waals surface area contributed by atoms with E-state index in [2.05, 4.69) is 0 Å². The van der Waals surface area contributed by atoms with Crippen molar-refractivity contribution >= 4 is 34.8 Å². The Kier molecular flexibility index (Phi) is 5.79. The number of aryl methyl sites for hydroxylation is 1. The molecule has 30 heavy (non-hydrogen) atoms. The van der Waals surface area contributed by atoms with Crippen molar-refractivity contribution in [2.24, 2.45) is 0 Å². The van der Waals surface area contributed by atoms with Gasteiger partial charge in [-0.05, 0) is 59.7 Å². The van der Waals surface area contributed by atoms with Gasteiger partial charge in [0.25, 0.3) is 11.8 Å². The van der Waals surface area contributed by atoms with E-state index in [1.54, 1.807) is 28.9 Å². The molecule has 2 amide bonds.